The fourth-order valence-electron chi connectivity index (χ4n) is 5.07. The second-order valence-electron chi connectivity index (χ2n) is 8.85. The molecule has 9 heteroatoms. The molecule has 176 valence electrons. The van der Waals surface area contributed by atoms with E-state index in [2.05, 4.69) is 20.1 Å². The van der Waals surface area contributed by atoms with Gasteiger partial charge in [-0.1, -0.05) is 12.1 Å². The topological polar surface area (TPSA) is 79.2 Å². The van der Waals surface area contributed by atoms with E-state index in [9.17, 15) is 9.59 Å². The number of morpholine rings is 1. The molecular formula is C25H27N5O3S. The van der Waals surface area contributed by atoms with Crippen LogP contribution in [0.25, 0.3) is 26.1 Å². The van der Waals surface area contributed by atoms with Crippen LogP contribution >= 0.6 is 11.3 Å². The molecule has 3 aromatic heterocycles. The Morgan fingerprint density at radius 2 is 1.88 bits per heavy atom. The van der Waals surface area contributed by atoms with Gasteiger partial charge in [-0.2, -0.15) is 0 Å². The quantitative estimate of drug-likeness (QED) is 0.476. The van der Waals surface area contributed by atoms with E-state index < -0.39 is 0 Å². The monoisotopic (exact) mass is 477 g/mol. The highest BCUT2D eigenvalue weighted by atomic mass is 32.1. The molecule has 1 aromatic carbocycles. The predicted molar refractivity (Wildman–Crippen MR) is 135 cm³/mol. The highest BCUT2D eigenvalue weighted by Crippen LogP contribution is 2.33. The Morgan fingerprint density at radius 3 is 2.71 bits per heavy atom. The molecular weight excluding hydrogens is 450 g/mol. The predicted octanol–water partition coefficient (Wildman–Crippen LogP) is 2.72. The second kappa shape index (κ2) is 8.98. The lowest BCUT2D eigenvalue weighted by Gasteiger charge is -2.26. The normalized spacial score (nSPS) is 17.2. The van der Waals surface area contributed by atoms with E-state index in [0.717, 1.165) is 61.5 Å². The van der Waals surface area contributed by atoms with Gasteiger partial charge < -0.3 is 15.0 Å². The molecule has 4 aromatic rings. The third-order valence-corrected chi connectivity index (χ3v) is 7.94. The number of nitrogens with one attached hydrogen (secondary N) is 1. The zero-order chi connectivity index (χ0) is 23.1. The third-order valence-electron chi connectivity index (χ3n) is 6.80. The molecule has 0 spiro atoms. The van der Waals surface area contributed by atoms with E-state index in [1.807, 2.05) is 34.7 Å². The van der Waals surface area contributed by atoms with E-state index in [-0.39, 0.29) is 16.9 Å². The van der Waals surface area contributed by atoms with Crippen molar-refractivity contribution in [3.63, 3.8) is 0 Å². The first-order valence-electron chi connectivity index (χ1n) is 11.9. The summed E-state index contributed by atoms with van der Waals surface area (Å²) in [5.74, 6) is -0.319. The summed E-state index contributed by atoms with van der Waals surface area (Å²) in [7, 11) is 0. The van der Waals surface area contributed by atoms with Gasteiger partial charge in [0.2, 0.25) is 5.43 Å². The smallest absolute Gasteiger partial charge is 0.258 e. The number of rotatable bonds is 5. The van der Waals surface area contributed by atoms with Crippen LogP contribution < -0.4 is 15.6 Å². The highest BCUT2D eigenvalue weighted by Gasteiger charge is 2.26. The molecule has 0 bridgehead atoms. The molecule has 2 aliphatic rings. The Morgan fingerprint density at radius 1 is 1.09 bits per heavy atom. The van der Waals surface area contributed by atoms with Gasteiger partial charge in [0.25, 0.3) is 5.91 Å². The minimum absolute atomic E-state index is 0.212. The van der Waals surface area contributed by atoms with Crippen LogP contribution in [0, 0.1) is 0 Å². The Hall–Kier alpha value is -3.01. The Bertz CT molecular complexity index is 1430. The van der Waals surface area contributed by atoms with Gasteiger partial charge >= 0.3 is 0 Å². The molecule has 2 aliphatic heterocycles. The summed E-state index contributed by atoms with van der Waals surface area (Å²) in [6.07, 6.45) is 3.98. The standard InChI is InChI=1S/C25H27N5O3S/c31-22-20-18(29-10-3-4-11-29)7-8-26-23(20)30-17-5-1-2-6-19(17)34-25(30)21(22)24(32)27-9-12-28-13-15-33-16-14-28/h1-2,5-8H,3-4,9-16H2,(H,27,32). The van der Waals surface area contributed by atoms with Gasteiger partial charge in [0, 0.05) is 45.5 Å². The average molecular weight is 478 g/mol. The maximum atomic E-state index is 13.9. The van der Waals surface area contributed by atoms with Gasteiger partial charge in [-0.3, -0.25) is 18.9 Å². The fourth-order valence-corrected chi connectivity index (χ4v) is 6.26. The first-order valence-corrected chi connectivity index (χ1v) is 12.7. The van der Waals surface area contributed by atoms with E-state index in [1.165, 1.54) is 11.3 Å². The van der Waals surface area contributed by atoms with Crippen molar-refractivity contribution in [2.24, 2.45) is 0 Å². The summed E-state index contributed by atoms with van der Waals surface area (Å²) in [5.41, 5.74) is 2.43. The van der Waals surface area contributed by atoms with Crippen LogP contribution in [-0.2, 0) is 4.74 Å². The summed E-state index contributed by atoms with van der Waals surface area (Å²) in [5, 5.41) is 3.55. The van der Waals surface area contributed by atoms with Gasteiger partial charge in [0.15, 0.2) is 5.65 Å². The van der Waals surface area contributed by atoms with Crippen molar-refractivity contribution in [1.82, 2.24) is 19.6 Å². The van der Waals surface area contributed by atoms with Crippen LogP contribution in [0.5, 0.6) is 0 Å². The Balaban J connectivity index is 1.49. The lowest BCUT2D eigenvalue weighted by atomic mass is 10.1. The highest BCUT2D eigenvalue weighted by molar-refractivity contribution is 7.24. The number of benzene rings is 1. The number of ether oxygens (including phenoxy) is 1. The second-order valence-corrected chi connectivity index (χ2v) is 9.88. The Kier molecular flexibility index (Phi) is 5.68. The number of fused-ring (bicyclic) bond motifs is 5. The zero-order valence-corrected chi connectivity index (χ0v) is 19.8. The summed E-state index contributed by atoms with van der Waals surface area (Å²) in [4.78, 5) is 37.2. The number of pyridine rings is 2. The van der Waals surface area contributed by atoms with Gasteiger partial charge in [-0.25, -0.2) is 4.98 Å². The number of nitrogens with zero attached hydrogens (tertiary/aromatic N) is 4. The molecule has 0 aliphatic carbocycles. The number of hydrogen-bond acceptors (Lipinski definition) is 7. The average Bonchev–Trinajstić information content (AvgIpc) is 3.53. The SMILES string of the molecule is O=C(NCCN1CCOCC1)c1c(=O)c2c(N3CCCC3)ccnc2n2c1sc1ccccc12. The summed E-state index contributed by atoms with van der Waals surface area (Å²) in [6, 6.07) is 9.91. The zero-order valence-electron chi connectivity index (χ0n) is 19.0. The van der Waals surface area contributed by atoms with Crippen LogP contribution in [0.15, 0.2) is 41.3 Å². The van der Waals surface area contributed by atoms with Crippen molar-refractivity contribution in [2.75, 3.05) is 57.4 Å². The maximum absolute atomic E-state index is 13.9. The van der Waals surface area contributed by atoms with Gasteiger partial charge in [0.05, 0.1) is 34.5 Å². The van der Waals surface area contributed by atoms with Gasteiger partial charge in [-0.05, 0) is 31.0 Å². The molecule has 2 fully saturated rings. The number of para-hydroxylation sites is 1. The first kappa shape index (κ1) is 21.5. The first-order chi connectivity index (χ1) is 16.7. The largest absolute Gasteiger partial charge is 0.379 e. The number of carbonyl (C=O) groups is 1. The number of aromatic nitrogens is 2. The van der Waals surface area contributed by atoms with Crippen LogP contribution in [0.1, 0.15) is 23.2 Å². The summed E-state index contributed by atoms with van der Waals surface area (Å²) in [6.45, 7) is 6.20. The number of carbonyl (C=O) groups excluding carboxylic acids is 1. The molecule has 0 atom stereocenters. The third kappa shape index (κ3) is 3.64. The summed E-state index contributed by atoms with van der Waals surface area (Å²) < 4.78 is 8.41. The number of amides is 1. The van der Waals surface area contributed by atoms with Crippen LogP contribution in [-0.4, -0.2) is 72.7 Å². The van der Waals surface area contributed by atoms with Gasteiger partial charge in [0.1, 0.15) is 10.4 Å². The van der Waals surface area contributed by atoms with E-state index in [0.29, 0.717) is 35.6 Å². The molecule has 1 amide bonds. The van der Waals surface area contributed by atoms with Crippen molar-refractivity contribution in [2.45, 2.75) is 12.8 Å². The van der Waals surface area contributed by atoms with Crippen LogP contribution in [0.2, 0.25) is 0 Å². The molecule has 2 saturated heterocycles. The number of thiazole rings is 1. The van der Waals surface area contributed by atoms with Crippen LogP contribution in [0.3, 0.4) is 0 Å². The van der Waals surface area contributed by atoms with Crippen molar-refractivity contribution < 1.29 is 9.53 Å². The molecule has 1 N–H and O–H groups in total. The molecule has 0 unspecified atom stereocenters. The minimum atomic E-state index is -0.319. The lowest BCUT2D eigenvalue weighted by Crippen LogP contribution is -2.42. The van der Waals surface area contributed by atoms with E-state index in [1.54, 1.807) is 6.20 Å². The number of hydrogen-bond donors (Lipinski definition) is 1. The van der Waals surface area contributed by atoms with Crippen molar-refractivity contribution in [1.29, 1.82) is 0 Å². The van der Waals surface area contributed by atoms with E-state index in [4.69, 9.17) is 4.74 Å². The number of anilines is 1. The summed E-state index contributed by atoms with van der Waals surface area (Å²) >= 11 is 1.47. The lowest BCUT2D eigenvalue weighted by molar-refractivity contribution is 0.0383. The maximum Gasteiger partial charge on any atom is 0.258 e. The van der Waals surface area contributed by atoms with Gasteiger partial charge in [-0.15, -0.1) is 11.3 Å². The van der Waals surface area contributed by atoms with Crippen molar-refractivity contribution in [3.05, 3.63) is 52.3 Å². The van der Waals surface area contributed by atoms with Crippen molar-refractivity contribution >= 4 is 49.0 Å². The molecule has 0 radical (unpaired) electrons. The molecule has 5 heterocycles. The molecule has 34 heavy (non-hydrogen) atoms. The fraction of sp³-hybridized carbons (Fsp3) is 0.400. The Labute approximate surface area is 200 Å². The van der Waals surface area contributed by atoms with E-state index >= 15 is 0 Å². The minimum Gasteiger partial charge on any atom is -0.379 e. The molecule has 8 nitrogen and oxygen atoms in total. The molecule has 0 saturated carbocycles. The molecule has 6 rings (SSSR count). The van der Waals surface area contributed by atoms with Crippen molar-refractivity contribution in [3.8, 4) is 0 Å². The van der Waals surface area contributed by atoms with Crippen LogP contribution in [0.4, 0.5) is 5.69 Å².